The second-order valence-corrected chi connectivity index (χ2v) is 6.72. The monoisotopic (exact) mass is 283 g/mol. The molecule has 19 heavy (non-hydrogen) atoms. The van der Waals surface area contributed by atoms with Gasteiger partial charge in [-0.1, -0.05) is 6.92 Å². The molecule has 0 aliphatic heterocycles. The van der Waals surface area contributed by atoms with Crippen LogP contribution in [0.4, 0.5) is 11.4 Å². The van der Waals surface area contributed by atoms with Gasteiger partial charge in [-0.2, -0.15) is 0 Å². The Balaban J connectivity index is 2.26. The number of benzene rings is 1. The normalized spacial score (nSPS) is 15.5. The highest BCUT2D eigenvalue weighted by molar-refractivity contribution is 7.89. The summed E-state index contributed by atoms with van der Waals surface area (Å²) >= 11 is 0. The summed E-state index contributed by atoms with van der Waals surface area (Å²) in [7, 11) is -3.69. The standard InChI is InChI=1S/C13H21N3O2S/c1-2-7-16(9-10-3-4-10)13-6-5-11(8-12(13)14)19(15,17)18/h5-6,8,10H,2-4,7,9,14H2,1H3,(H2,15,17,18). The van der Waals surface area contributed by atoms with Gasteiger partial charge in [0.1, 0.15) is 0 Å². The second kappa shape index (κ2) is 5.38. The quantitative estimate of drug-likeness (QED) is 0.775. The summed E-state index contributed by atoms with van der Waals surface area (Å²) in [5.41, 5.74) is 7.36. The van der Waals surface area contributed by atoms with E-state index >= 15 is 0 Å². The van der Waals surface area contributed by atoms with E-state index in [2.05, 4.69) is 11.8 Å². The van der Waals surface area contributed by atoms with Crippen LogP contribution < -0.4 is 15.8 Å². The number of primary sulfonamides is 1. The van der Waals surface area contributed by atoms with Gasteiger partial charge < -0.3 is 10.6 Å². The first-order chi connectivity index (χ1) is 8.91. The molecule has 0 radical (unpaired) electrons. The first-order valence-corrected chi connectivity index (χ1v) is 8.13. The van der Waals surface area contributed by atoms with Gasteiger partial charge in [0.05, 0.1) is 16.3 Å². The Morgan fingerprint density at radius 1 is 1.37 bits per heavy atom. The summed E-state index contributed by atoms with van der Waals surface area (Å²) < 4.78 is 22.6. The molecule has 1 aromatic rings. The molecular weight excluding hydrogens is 262 g/mol. The predicted octanol–water partition coefficient (Wildman–Crippen LogP) is 1.54. The van der Waals surface area contributed by atoms with Crippen LogP contribution in [-0.2, 0) is 10.0 Å². The highest BCUT2D eigenvalue weighted by atomic mass is 32.2. The average Bonchev–Trinajstić information content (AvgIpc) is 3.11. The Labute approximate surface area is 114 Å². The van der Waals surface area contributed by atoms with Crippen molar-refractivity contribution in [2.24, 2.45) is 11.1 Å². The van der Waals surface area contributed by atoms with E-state index in [1.54, 1.807) is 6.07 Å². The zero-order chi connectivity index (χ0) is 14.0. The summed E-state index contributed by atoms with van der Waals surface area (Å²) in [4.78, 5) is 2.30. The van der Waals surface area contributed by atoms with Crippen LogP contribution in [0, 0.1) is 5.92 Å². The summed E-state index contributed by atoms with van der Waals surface area (Å²) in [6.07, 6.45) is 3.58. The third-order valence-corrected chi connectivity index (χ3v) is 4.25. The molecule has 5 nitrogen and oxygen atoms in total. The molecule has 0 heterocycles. The van der Waals surface area contributed by atoms with Crippen molar-refractivity contribution in [2.75, 3.05) is 23.7 Å². The zero-order valence-corrected chi connectivity index (χ0v) is 12.0. The van der Waals surface area contributed by atoms with Gasteiger partial charge in [0, 0.05) is 13.1 Å². The van der Waals surface area contributed by atoms with Crippen molar-refractivity contribution in [3.63, 3.8) is 0 Å². The molecule has 106 valence electrons. The lowest BCUT2D eigenvalue weighted by atomic mass is 10.2. The van der Waals surface area contributed by atoms with E-state index in [1.807, 2.05) is 0 Å². The summed E-state index contributed by atoms with van der Waals surface area (Å²) in [5, 5.41) is 5.10. The lowest BCUT2D eigenvalue weighted by molar-refractivity contribution is 0.598. The Kier molecular flexibility index (Phi) is 4.01. The van der Waals surface area contributed by atoms with Crippen LogP contribution in [-0.4, -0.2) is 21.5 Å². The van der Waals surface area contributed by atoms with Crippen LogP contribution in [0.15, 0.2) is 23.1 Å². The van der Waals surface area contributed by atoms with Gasteiger partial charge in [-0.25, -0.2) is 13.6 Å². The maximum absolute atomic E-state index is 11.3. The Bertz CT molecular complexity index is 553. The molecule has 0 bridgehead atoms. The molecular formula is C13H21N3O2S. The highest BCUT2D eigenvalue weighted by Crippen LogP contribution is 2.33. The first kappa shape index (κ1) is 14.1. The molecule has 6 heteroatoms. The van der Waals surface area contributed by atoms with E-state index in [4.69, 9.17) is 10.9 Å². The van der Waals surface area contributed by atoms with Gasteiger partial charge in [-0.05, 0) is 43.4 Å². The smallest absolute Gasteiger partial charge is 0.238 e. The van der Waals surface area contributed by atoms with Crippen molar-refractivity contribution in [3.05, 3.63) is 18.2 Å². The largest absolute Gasteiger partial charge is 0.397 e. The summed E-state index contributed by atoms with van der Waals surface area (Å²) in [5.74, 6) is 0.754. The summed E-state index contributed by atoms with van der Waals surface area (Å²) in [6.45, 7) is 4.04. The average molecular weight is 283 g/mol. The fourth-order valence-corrected chi connectivity index (χ4v) is 2.74. The number of nitrogen functional groups attached to an aromatic ring is 1. The van der Waals surface area contributed by atoms with Crippen molar-refractivity contribution >= 4 is 21.4 Å². The predicted molar refractivity (Wildman–Crippen MR) is 77.5 cm³/mol. The van der Waals surface area contributed by atoms with E-state index in [-0.39, 0.29) is 4.90 Å². The maximum atomic E-state index is 11.3. The number of sulfonamides is 1. The van der Waals surface area contributed by atoms with Gasteiger partial charge in [-0.15, -0.1) is 0 Å². The number of rotatable bonds is 6. The molecule has 0 atom stereocenters. The molecule has 4 N–H and O–H groups in total. The second-order valence-electron chi connectivity index (χ2n) is 5.16. The molecule has 0 spiro atoms. The summed E-state index contributed by atoms with van der Waals surface area (Å²) in [6, 6.07) is 4.73. The van der Waals surface area contributed by atoms with Crippen molar-refractivity contribution in [2.45, 2.75) is 31.1 Å². The molecule has 1 fully saturated rings. The van der Waals surface area contributed by atoms with Crippen LogP contribution >= 0.6 is 0 Å². The molecule has 1 saturated carbocycles. The molecule has 0 amide bonds. The van der Waals surface area contributed by atoms with Gasteiger partial charge in [0.25, 0.3) is 0 Å². The third-order valence-electron chi connectivity index (χ3n) is 3.34. The third kappa shape index (κ3) is 3.61. The fraction of sp³-hybridized carbons (Fsp3) is 0.538. The van der Waals surface area contributed by atoms with E-state index in [1.165, 1.54) is 25.0 Å². The Morgan fingerprint density at radius 3 is 2.53 bits per heavy atom. The lowest BCUT2D eigenvalue weighted by Gasteiger charge is -2.26. The van der Waals surface area contributed by atoms with Gasteiger partial charge >= 0.3 is 0 Å². The van der Waals surface area contributed by atoms with Crippen LogP contribution in [0.25, 0.3) is 0 Å². The highest BCUT2D eigenvalue weighted by Gasteiger charge is 2.25. The van der Waals surface area contributed by atoms with Gasteiger partial charge in [-0.3, -0.25) is 0 Å². The molecule has 0 saturated heterocycles. The number of hydrogen-bond donors (Lipinski definition) is 2. The number of nitrogens with two attached hydrogens (primary N) is 2. The fourth-order valence-electron chi connectivity index (χ4n) is 2.19. The maximum Gasteiger partial charge on any atom is 0.238 e. The van der Waals surface area contributed by atoms with Crippen molar-refractivity contribution in [1.82, 2.24) is 0 Å². The number of nitrogens with zero attached hydrogens (tertiary/aromatic N) is 1. The minimum atomic E-state index is -3.69. The minimum absolute atomic E-state index is 0.0663. The van der Waals surface area contributed by atoms with Crippen LogP contribution in [0.2, 0.25) is 0 Å². The number of anilines is 2. The molecule has 1 aliphatic carbocycles. The molecule has 0 unspecified atom stereocenters. The SMILES string of the molecule is CCCN(CC1CC1)c1ccc(S(N)(=O)=O)cc1N. The minimum Gasteiger partial charge on any atom is -0.397 e. The van der Waals surface area contributed by atoms with Gasteiger partial charge in [0.2, 0.25) is 10.0 Å². The van der Waals surface area contributed by atoms with E-state index in [9.17, 15) is 8.42 Å². The van der Waals surface area contributed by atoms with E-state index in [0.29, 0.717) is 5.69 Å². The van der Waals surface area contributed by atoms with Crippen molar-refractivity contribution in [1.29, 1.82) is 0 Å². The van der Waals surface area contributed by atoms with Crippen LogP contribution in [0.1, 0.15) is 26.2 Å². The van der Waals surface area contributed by atoms with Crippen molar-refractivity contribution < 1.29 is 8.42 Å². The first-order valence-electron chi connectivity index (χ1n) is 6.59. The molecule has 0 aromatic heterocycles. The number of hydrogen-bond acceptors (Lipinski definition) is 4. The Morgan fingerprint density at radius 2 is 2.05 bits per heavy atom. The zero-order valence-electron chi connectivity index (χ0n) is 11.2. The van der Waals surface area contributed by atoms with Crippen molar-refractivity contribution in [3.8, 4) is 0 Å². The van der Waals surface area contributed by atoms with E-state index in [0.717, 1.165) is 31.1 Å². The van der Waals surface area contributed by atoms with E-state index < -0.39 is 10.0 Å². The molecule has 1 aromatic carbocycles. The van der Waals surface area contributed by atoms with Gasteiger partial charge in [0.15, 0.2) is 0 Å². The van der Waals surface area contributed by atoms with Crippen LogP contribution in [0.5, 0.6) is 0 Å². The lowest BCUT2D eigenvalue weighted by Crippen LogP contribution is -2.27. The Hall–Kier alpha value is -1.27. The molecule has 1 aliphatic rings. The topological polar surface area (TPSA) is 89.4 Å². The molecule has 2 rings (SSSR count). The van der Waals surface area contributed by atoms with Crippen LogP contribution in [0.3, 0.4) is 0 Å².